The van der Waals surface area contributed by atoms with Crippen LogP contribution in [-0.4, -0.2) is 9.97 Å². The molecule has 0 unspecified atom stereocenters. The number of furan rings is 2. The number of hydrogen-bond donors (Lipinski definition) is 0. The lowest BCUT2D eigenvalue weighted by Gasteiger charge is -2.23. The van der Waals surface area contributed by atoms with E-state index in [-0.39, 0.29) is 5.41 Å². The molecule has 0 radical (unpaired) electrons. The van der Waals surface area contributed by atoms with Gasteiger partial charge in [0.15, 0.2) is 11.2 Å². The van der Waals surface area contributed by atoms with Crippen molar-refractivity contribution in [2.75, 3.05) is 0 Å². The molecule has 0 bridgehead atoms. The standard InChI is InChI=1S/C42H44N2O2/c1-23(2)27-19-33(24(3)4)35(34(20-27)25(5)6)18-26-12-10-13-28-30-16-17-31-29-14-11-15-32(36-21-37(42(7,8)9)44-22-43-36)39(29)46-41(31)40(30)45-38(26)28/h10-17,19-25H,18H2,1-9H3. The van der Waals surface area contributed by atoms with Gasteiger partial charge in [-0.05, 0) is 69.8 Å². The van der Waals surface area contributed by atoms with E-state index in [0.717, 1.165) is 67.2 Å². The third-order valence-electron chi connectivity index (χ3n) is 9.54. The van der Waals surface area contributed by atoms with Crippen LogP contribution >= 0.6 is 0 Å². The van der Waals surface area contributed by atoms with Gasteiger partial charge in [0, 0.05) is 44.6 Å². The van der Waals surface area contributed by atoms with Crippen LogP contribution in [0.1, 0.15) is 114 Å². The van der Waals surface area contributed by atoms with Crippen LogP contribution in [0.15, 0.2) is 81.9 Å². The summed E-state index contributed by atoms with van der Waals surface area (Å²) in [6.07, 6.45) is 2.48. The van der Waals surface area contributed by atoms with Gasteiger partial charge in [0.25, 0.3) is 0 Å². The third-order valence-corrected chi connectivity index (χ3v) is 9.54. The summed E-state index contributed by atoms with van der Waals surface area (Å²) in [5.74, 6) is 1.35. The van der Waals surface area contributed by atoms with Gasteiger partial charge in [-0.3, -0.25) is 0 Å². The highest BCUT2D eigenvalue weighted by Gasteiger charge is 2.23. The van der Waals surface area contributed by atoms with Crippen LogP contribution in [0.2, 0.25) is 0 Å². The Morgan fingerprint density at radius 3 is 1.76 bits per heavy atom. The molecule has 0 aliphatic carbocycles. The van der Waals surface area contributed by atoms with Crippen molar-refractivity contribution in [2.45, 2.75) is 91.9 Å². The van der Waals surface area contributed by atoms with E-state index in [0.29, 0.717) is 17.8 Å². The Balaban J connectivity index is 1.42. The lowest BCUT2D eigenvalue weighted by Crippen LogP contribution is -2.13. The molecule has 0 amide bonds. The van der Waals surface area contributed by atoms with E-state index in [9.17, 15) is 0 Å². The number of nitrogens with zero attached hydrogens (tertiary/aromatic N) is 2. The minimum absolute atomic E-state index is 0.0834. The highest BCUT2D eigenvalue weighted by atomic mass is 16.4. The lowest BCUT2D eigenvalue weighted by molar-refractivity contribution is 0.567. The molecule has 0 N–H and O–H groups in total. The summed E-state index contributed by atoms with van der Waals surface area (Å²) in [6.45, 7) is 20.3. The summed E-state index contributed by atoms with van der Waals surface area (Å²) in [4.78, 5) is 9.20. The molecule has 0 fully saturated rings. The normalized spacial score (nSPS) is 12.7. The Morgan fingerprint density at radius 2 is 1.17 bits per heavy atom. The fourth-order valence-corrected chi connectivity index (χ4v) is 6.93. The Morgan fingerprint density at radius 1 is 0.609 bits per heavy atom. The van der Waals surface area contributed by atoms with Gasteiger partial charge in [-0.1, -0.05) is 105 Å². The van der Waals surface area contributed by atoms with Crippen LogP contribution in [0.3, 0.4) is 0 Å². The second-order valence-corrected chi connectivity index (χ2v) is 14.9. The molecule has 7 rings (SSSR count). The van der Waals surface area contributed by atoms with Crippen LogP contribution in [0.4, 0.5) is 0 Å². The first kappa shape index (κ1) is 30.2. The van der Waals surface area contributed by atoms with E-state index >= 15 is 0 Å². The molecule has 234 valence electrons. The van der Waals surface area contributed by atoms with Crippen molar-refractivity contribution >= 4 is 43.9 Å². The lowest BCUT2D eigenvalue weighted by atomic mass is 9.82. The highest BCUT2D eigenvalue weighted by molar-refractivity contribution is 6.20. The van der Waals surface area contributed by atoms with Crippen molar-refractivity contribution < 1.29 is 8.83 Å². The Labute approximate surface area is 271 Å². The fraction of sp³-hybridized carbons (Fsp3) is 0.333. The number of benzene rings is 4. The summed E-state index contributed by atoms with van der Waals surface area (Å²) in [5.41, 5.74) is 13.0. The van der Waals surface area contributed by atoms with Crippen LogP contribution in [-0.2, 0) is 11.8 Å². The molecule has 0 atom stereocenters. The number of hydrogen-bond acceptors (Lipinski definition) is 4. The van der Waals surface area contributed by atoms with E-state index in [2.05, 4.69) is 139 Å². The van der Waals surface area contributed by atoms with Gasteiger partial charge in [-0.15, -0.1) is 0 Å². The van der Waals surface area contributed by atoms with Gasteiger partial charge in [0.1, 0.15) is 17.5 Å². The first-order valence-electron chi connectivity index (χ1n) is 16.7. The number of aromatic nitrogens is 2. The summed E-state index contributed by atoms with van der Waals surface area (Å²) < 4.78 is 13.6. The molecule has 4 nitrogen and oxygen atoms in total. The summed E-state index contributed by atoms with van der Waals surface area (Å²) in [7, 11) is 0. The smallest absolute Gasteiger partial charge is 0.178 e. The molecule has 0 aliphatic rings. The van der Waals surface area contributed by atoms with Crippen molar-refractivity contribution in [3.63, 3.8) is 0 Å². The number of para-hydroxylation sites is 2. The van der Waals surface area contributed by atoms with Crippen LogP contribution in [0.25, 0.3) is 55.1 Å². The van der Waals surface area contributed by atoms with Gasteiger partial charge in [0.05, 0.1) is 5.69 Å². The predicted molar refractivity (Wildman–Crippen MR) is 192 cm³/mol. The zero-order chi connectivity index (χ0) is 32.5. The van der Waals surface area contributed by atoms with Crippen molar-refractivity contribution in [3.05, 3.63) is 107 Å². The van der Waals surface area contributed by atoms with Crippen molar-refractivity contribution in [1.82, 2.24) is 9.97 Å². The molecule has 0 spiro atoms. The van der Waals surface area contributed by atoms with Crippen LogP contribution < -0.4 is 0 Å². The molecule has 4 aromatic carbocycles. The molecule has 0 saturated carbocycles. The van der Waals surface area contributed by atoms with E-state index < -0.39 is 0 Å². The van der Waals surface area contributed by atoms with Gasteiger partial charge in [0.2, 0.25) is 0 Å². The minimum Gasteiger partial charge on any atom is -0.452 e. The summed E-state index contributed by atoms with van der Waals surface area (Å²) >= 11 is 0. The molecule has 4 heteroatoms. The quantitative estimate of drug-likeness (QED) is 0.188. The van der Waals surface area contributed by atoms with Gasteiger partial charge >= 0.3 is 0 Å². The maximum Gasteiger partial charge on any atom is 0.178 e. The summed E-state index contributed by atoms with van der Waals surface area (Å²) in [5, 5.41) is 4.30. The van der Waals surface area contributed by atoms with Crippen LogP contribution in [0.5, 0.6) is 0 Å². The zero-order valence-corrected chi connectivity index (χ0v) is 28.6. The highest BCUT2D eigenvalue weighted by Crippen LogP contribution is 2.43. The van der Waals surface area contributed by atoms with E-state index in [1.807, 2.05) is 0 Å². The van der Waals surface area contributed by atoms with E-state index in [4.69, 9.17) is 8.83 Å². The average Bonchev–Trinajstić information content (AvgIpc) is 3.59. The second-order valence-electron chi connectivity index (χ2n) is 14.9. The maximum atomic E-state index is 6.85. The Kier molecular flexibility index (Phi) is 7.31. The average molecular weight is 609 g/mol. The monoisotopic (exact) mass is 608 g/mol. The topological polar surface area (TPSA) is 52.1 Å². The SMILES string of the molecule is CC(C)c1cc(C(C)C)c(Cc2cccc3c2oc2c3ccc3c4cccc(-c5cc(C(C)(C)C)ncn5)c4oc32)c(C(C)C)c1. The van der Waals surface area contributed by atoms with Gasteiger partial charge in [-0.25, -0.2) is 9.97 Å². The fourth-order valence-electron chi connectivity index (χ4n) is 6.93. The van der Waals surface area contributed by atoms with Crippen molar-refractivity contribution in [2.24, 2.45) is 0 Å². The zero-order valence-electron chi connectivity index (χ0n) is 28.6. The van der Waals surface area contributed by atoms with E-state index in [1.54, 1.807) is 6.33 Å². The Bertz CT molecular complexity index is 2230. The van der Waals surface area contributed by atoms with Crippen LogP contribution in [0, 0.1) is 0 Å². The van der Waals surface area contributed by atoms with E-state index in [1.165, 1.54) is 27.8 Å². The molecule has 7 aromatic rings. The number of fused-ring (bicyclic) bond motifs is 7. The molecular formula is C42H44N2O2. The Hall–Kier alpha value is -4.44. The molecule has 46 heavy (non-hydrogen) atoms. The molecule has 3 aromatic heterocycles. The maximum absolute atomic E-state index is 6.85. The number of rotatable bonds is 6. The molecule has 3 heterocycles. The molecular weight excluding hydrogens is 564 g/mol. The second kappa shape index (κ2) is 11.1. The van der Waals surface area contributed by atoms with Crippen molar-refractivity contribution in [1.29, 1.82) is 0 Å². The van der Waals surface area contributed by atoms with Gasteiger partial charge < -0.3 is 8.83 Å². The predicted octanol–water partition coefficient (Wildman–Crippen LogP) is 12.2. The van der Waals surface area contributed by atoms with Crippen molar-refractivity contribution in [3.8, 4) is 11.3 Å². The largest absolute Gasteiger partial charge is 0.452 e. The summed E-state index contributed by atoms with van der Waals surface area (Å²) in [6, 6.07) is 24.2. The third kappa shape index (κ3) is 4.99. The van der Waals surface area contributed by atoms with Gasteiger partial charge in [-0.2, -0.15) is 0 Å². The molecule has 0 aliphatic heterocycles. The minimum atomic E-state index is -0.0834. The first-order chi connectivity index (χ1) is 21.9. The molecule has 0 saturated heterocycles. The first-order valence-corrected chi connectivity index (χ1v) is 16.7.